The molecule has 0 aliphatic rings. The lowest BCUT2D eigenvalue weighted by Crippen LogP contribution is -2.48. The van der Waals surface area contributed by atoms with E-state index in [1.807, 2.05) is 20.8 Å². The molecule has 2 amide bonds. The fourth-order valence-electron chi connectivity index (χ4n) is 1.64. The summed E-state index contributed by atoms with van der Waals surface area (Å²) in [5, 5.41) is 11.5. The highest BCUT2D eigenvalue weighted by molar-refractivity contribution is 5.82. The Morgan fingerprint density at radius 2 is 1.65 bits per heavy atom. The molecule has 5 nitrogen and oxygen atoms in total. The largest absolute Gasteiger partial charge is 0.480 e. The van der Waals surface area contributed by atoms with E-state index in [0.717, 1.165) is 19.3 Å². The predicted octanol–water partition coefficient (Wildman–Crippen LogP) is 2.07. The maximum atomic E-state index is 11.9. The Morgan fingerprint density at radius 3 is 2.00 bits per heavy atom. The van der Waals surface area contributed by atoms with Gasteiger partial charge in [-0.2, -0.15) is 0 Å². The van der Waals surface area contributed by atoms with Crippen LogP contribution in [0.25, 0.3) is 0 Å². The maximum absolute atomic E-state index is 11.9. The van der Waals surface area contributed by atoms with E-state index >= 15 is 0 Å². The fraction of sp³-hybridized carbons (Fsp3) is 0.833. The predicted molar refractivity (Wildman–Crippen MR) is 67.0 cm³/mol. The van der Waals surface area contributed by atoms with Gasteiger partial charge in [-0.3, -0.25) is 0 Å². The number of urea groups is 1. The second kappa shape index (κ2) is 8.84. The third-order valence-electron chi connectivity index (χ3n) is 2.45. The molecule has 1 atom stereocenters. The number of carboxylic acid groups (broad SMARTS) is 1. The van der Waals surface area contributed by atoms with Crippen LogP contribution >= 0.6 is 0 Å². The first kappa shape index (κ1) is 15.7. The molecule has 100 valence electrons. The van der Waals surface area contributed by atoms with Crippen molar-refractivity contribution in [2.45, 2.75) is 52.5 Å². The summed E-state index contributed by atoms with van der Waals surface area (Å²) in [5.74, 6) is -0.965. The number of amides is 2. The van der Waals surface area contributed by atoms with E-state index in [9.17, 15) is 9.59 Å². The summed E-state index contributed by atoms with van der Waals surface area (Å²) in [6.07, 6.45) is 2.95. The fourth-order valence-corrected chi connectivity index (χ4v) is 1.64. The zero-order valence-electron chi connectivity index (χ0n) is 11.0. The molecule has 0 aliphatic heterocycles. The summed E-state index contributed by atoms with van der Waals surface area (Å²) in [4.78, 5) is 24.5. The Balaban J connectivity index is 4.38. The summed E-state index contributed by atoms with van der Waals surface area (Å²) in [6.45, 7) is 7.22. The molecule has 0 spiro atoms. The van der Waals surface area contributed by atoms with Gasteiger partial charge in [0.05, 0.1) is 0 Å². The summed E-state index contributed by atoms with van der Waals surface area (Å²) >= 11 is 0. The Labute approximate surface area is 103 Å². The minimum Gasteiger partial charge on any atom is -0.480 e. The second-order valence-corrected chi connectivity index (χ2v) is 4.12. The monoisotopic (exact) mass is 244 g/mol. The van der Waals surface area contributed by atoms with Crippen LogP contribution in [-0.4, -0.2) is 41.1 Å². The lowest BCUT2D eigenvalue weighted by atomic mass is 10.2. The van der Waals surface area contributed by atoms with E-state index in [2.05, 4.69) is 5.32 Å². The molecule has 0 bridgehead atoms. The third-order valence-corrected chi connectivity index (χ3v) is 2.45. The lowest BCUT2D eigenvalue weighted by molar-refractivity contribution is -0.139. The van der Waals surface area contributed by atoms with Gasteiger partial charge in [-0.25, -0.2) is 9.59 Å². The van der Waals surface area contributed by atoms with Crippen molar-refractivity contribution < 1.29 is 14.7 Å². The second-order valence-electron chi connectivity index (χ2n) is 4.12. The Kier molecular flexibility index (Phi) is 8.19. The van der Waals surface area contributed by atoms with Gasteiger partial charge in [-0.05, 0) is 19.3 Å². The van der Waals surface area contributed by atoms with Gasteiger partial charge in [0.25, 0.3) is 0 Å². The first-order chi connectivity index (χ1) is 8.06. The van der Waals surface area contributed by atoms with E-state index in [4.69, 9.17) is 5.11 Å². The standard InChI is InChI=1S/C12H24N2O3/c1-4-7-10(11(15)16)13-12(17)14(8-5-2)9-6-3/h10H,4-9H2,1-3H3,(H,13,17)(H,15,16)/t10-/m0/s1. The van der Waals surface area contributed by atoms with Crippen LogP contribution in [-0.2, 0) is 4.79 Å². The highest BCUT2D eigenvalue weighted by atomic mass is 16.4. The van der Waals surface area contributed by atoms with Gasteiger partial charge in [0.15, 0.2) is 0 Å². The molecule has 17 heavy (non-hydrogen) atoms. The van der Waals surface area contributed by atoms with Crippen molar-refractivity contribution in [2.75, 3.05) is 13.1 Å². The van der Waals surface area contributed by atoms with Crippen molar-refractivity contribution in [3.63, 3.8) is 0 Å². The normalized spacial score (nSPS) is 11.9. The van der Waals surface area contributed by atoms with Crippen molar-refractivity contribution in [3.05, 3.63) is 0 Å². The molecule has 2 N–H and O–H groups in total. The molecule has 0 aliphatic carbocycles. The molecular weight excluding hydrogens is 220 g/mol. The van der Waals surface area contributed by atoms with E-state index in [0.29, 0.717) is 19.5 Å². The van der Waals surface area contributed by atoms with Crippen molar-refractivity contribution in [1.29, 1.82) is 0 Å². The molecule has 0 rings (SSSR count). The molecule has 0 radical (unpaired) electrons. The third kappa shape index (κ3) is 6.14. The van der Waals surface area contributed by atoms with Crippen molar-refractivity contribution in [2.24, 2.45) is 0 Å². The minimum absolute atomic E-state index is 0.269. The van der Waals surface area contributed by atoms with Crippen LogP contribution < -0.4 is 5.32 Å². The average Bonchev–Trinajstić information content (AvgIpc) is 2.28. The Morgan fingerprint density at radius 1 is 1.12 bits per heavy atom. The smallest absolute Gasteiger partial charge is 0.326 e. The van der Waals surface area contributed by atoms with Gasteiger partial charge in [0.1, 0.15) is 6.04 Å². The first-order valence-corrected chi connectivity index (χ1v) is 6.34. The average molecular weight is 244 g/mol. The lowest BCUT2D eigenvalue weighted by Gasteiger charge is -2.24. The molecule has 0 unspecified atom stereocenters. The van der Waals surface area contributed by atoms with Crippen LogP contribution in [0.2, 0.25) is 0 Å². The van der Waals surface area contributed by atoms with Gasteiger partial charge < -0.3 is 15.3 Å². The molecule has 5 heteroatoms. The van der Waals surface area contributed by atoms with Gasteiger partial charge in [-0.15, -0.1) is 0 Å². The van der Waals surface area contributed by atoms with Crippen LogP contribution in [0.5, 0.6) is 0 Å². The van der Waals surface area contributed by atoms with E-state index in [1.54, 1.807) is 4.90 Å². The van der Waals surface area contributed by atoms with Crippen LogP contribution in [0, 0.1) is 0 Å². The van der Waals surface area contributed by atoms with Gasteiger partial charge in [-0.1, -0.05) is 27.2 Å². The van der Waals surface area contributed by atoms with Gasteiger partial charge >= 0.3 is 12.0 Å². The quantitative estimate of drug-likeness (QED) is 0.686. The number of carbonyl (C=O) groups excluding carboxylic acids is 1. The zero-order chi connectivity index (χ0) is 13.3. The van der Waals surface area contributed by atoms with Crippen molar-refractivity contribution in [3.8, 4) is 0 Å². The van der Waals surface area contributed by atoms with E-state index < -0.39 is 12.0 Å². The van der Waals surface area contributed by atoms with Crippen LogP contribution in [0.3, 0.4) is 0 Å². The van der Waals surface area contributed by atoms with Crippen molar-refractivity contribution in [1.82, 2.24) is 10.2 Å². The number of nitrogens with one attached hydrogen (secondary N) is 1. The van der Waals surface area contributed by atoms with Crippen LogP contribution in [0.15, 0.2) is 0 Å². The highest BCUT2D eigenvalue weighted by Gasteiger charge is 2.21. The van der Waals surface area contributed by atoms with Gasteiger partial charge in [0.2, 0.25) is 0 Å². The summed E-state index contributed by atoms with van der Waals surface area (Å²) in [7, 11) is 0. The molecule has 0 aromatic heterocycles. The number of hydrogen-bond donors (Lipinski definition) is 2. The number of rotatable bonds is 8. The Hall–Kier alpha value is -1.26. The SMILES string of the molecule is CCC[C@H](NC(=O)N(CCC)CCC)C(=O)O. The van der Waals surface area contributed by atoms with Crippen molar-refractivity contribution >= 4 is 12.0 Å². The molecule has 0 fully saturated rings. The van der Waals surface area contributed by atoms with Crippen LogP contribution in [0.4, 0.5) is 4.79 Å². The zero-order valence-corrected chi connectivity index (χ0v) is 11.0. The minimum atomic E-state index is -0.965. The number of aliphatic carboxylic acids is 1. The summed E-state index contributed by atoms with van der Waals surface area (Å²) in [6, 6.07) is -1.04. The van der Waals surface area contributed by atoms with E-state index in [1.165, 1.54) is 0 Å². The molecule has 0 heterocycles. The number of carboxylic acids is 1. The van der Waals surface area contributed by atoms with E-state index in [-0.39, 0.29) is 6.03 Å². The van der Waals surface area contributed by atoms with Crippen LogP contribution in [0.1, 0.15) is 46.5 Å². The molecule has 0 saturated carbocycles. The Bertz CT molecular complexity index is 238. The molecular formula is C12H24N2O3. The molecule has 0 aromatic carbocycles. The number of hydrogen-bond acceptors (Lipinski definition) is 2. The van der Waals surface area contributed by atoms with Gasteiger partial charge in [0, 0.05) is 13.1 Å². The number of nitrogens with zero attached hydrogens (tertiary/aromatic N) is 1. The highest BCUT2D eigenvalue weighted by Crippen LogP contribution is 2.01. The molecule has 0 saturated heterocycles. The first-order valence-electron chi connectivity index (χ1n) is 6.34. The number of carbonyl (C=O) groups is 2. The molecule has 0 aromatic rings. The summed E-state index contributed by atoms with van der Waals surface area (Å²) < 4.78 is 0. The summed E-state index contributed by atoms with van der Waals surface area (Å²) in [5.41, 5.74) is 0. The maximum Gasteiger partial charge on any atom is 0.326 e. The topological polar surface area (TPSA) is 69.6 Å².